The number of fused-ring (bicyclic) bond motifs is 4. The van der Waals surface area contributed by atoms with Crippen molar-refractivity contribution < 1.29 is 4.79 Å². The van der Waals surface area contributed by atoms with E-state index in [4.69, 9.17) is 0 Å². The van der Waals surface area contributed by atoms with Crippen molar-refractivity contribution in [1.82, 2.24) is 18.9 Å². The SMILES string of the molecule is Cc1c(CN2C[C@@H]3C[C@H](C2)[C@H](C(=O)N2CC=CC2)n2c3cccc2=O)cc(C#N)n1C. The lowest BCUT2D eigenvalue weighted by molar-refractivity contribution is -0.137. The Labute approximate surface area is 181 Å². The lowest BCUT2D eigenvalue weighted by Crippen LogP contribution is -2.53. The second kappa shape index (κ2) is 7.54. The zero-order chi connectivity index (χ0) is 21.7. The van der Waals surface area contributed by atoms with Crippen LogP contribution >= 0.6 is 0 Å². The maximum Gasteiger partial charge on any atom is 0.251 e. The molecule has 1 saturated heterocycles. The van der Waals surface area contributed by atoms with E-state index in [1.54, 1.807) is 10.6 Å². The van der Waals surface area contributed by atoms with Crippen LogP contribution in [0.3, 0.4) is 0 Å². The average molecular weight is 418 g/mol. The number of carbonyl (C=O) groups excluding carboxylic acids is 1. The molecule has 1 fully saturated rings. The summed E-state index contributed by atoms with van der Waals surface area (Å²) in [4.78, 5) is 30.6. The maximum absolute atomic E-state index is 13.5. The Morgan fingerprint density at radius 2 is 2.00 bits per heavy atom. The van der Waals surface area contributed by atoms with Crippen molar-refractivity contribution in [2.24, 2.45) is 13.0 Å². The Morgan fingerprint density at radius 3 is 2.71 bits per heavy atom. The summed E-state index contributed by atoms with van der Waals surface area (Å²) in [6, 6.07) is 9.17. The number of nitrogens with zero attached hydrogens (tertiary/aromatic N) is 5. The number of hydrogen-bond acceptors (Lipinski definition) is 4. The van der Waals surface area contributed by atoms with Crippen LogP contribution in [0.15, 0.2) is 41.2 Å². The summed E-state index contributed by atoms with van der Waals surface area (Å²) in [6.07, 6.45) is 4.95. The normalized spacial score (nSPS) is 24.8. The van der Waals surface area contributed by atoms with Gasteiger partial charge in [-0.05, 0) is 31.0 Å². The Bertz CT molecular complexity index is 1160. The van der Waals surface area contributed by atoms with E-state index in [1.165, 1.54) is 0 Å². The van der Waals surface area contributed by atoms with Gasteiger partial charge in [0.15, 0.2) is 0 Å². The van der Waals surface area contributed by atoms with Gasteiger partial charge in [-0.1, -0.05) is 18.2 Å². The van der Waals surface area contributed by atoms with E-state index in [9.17, 15) is 14.9 Å². The minimum atomic E-state index is -0.450. The molecule has 3 aliphatic heterocycles. The van der Waals surface area contributed by atoms with Gasteiger partial charge in [-0.25, -0.2) is 0 Å². The standard InChI is InChI=1S/C24H27N5O2/c1-16-17(11-20(12-25)26(16)2)13-27-14-18-10-19(15-27)23(24(31)28-8-3-4-9-28)29-21(18)6-5-7-22(29)30/h3-7,11,18-19,23H,8-10,13-15H2,1-2H3/t18-,19+,23+/m0/s1. The third-order valence-corrected chi connectivity index (χ3v) is 7.25. The third kappa shape index (κ3) is 3.22. The number of likely N-dealkylation sites (tertiary alicyclic amines) is 1. The smallest absolute Gasteiger partial charge is 0.251 e. The molecule has 2 aromatic heterocycles. The first-order valence-corrected chi connectivity index (χ1v) is 10.9. The van der Waals surface area contributed by atoms with Crippen molar-refractivity contribution in [3.63, 3.8) is 0 Å². The van der Waals surface area contributed by atoms with E-state index in [0.29, 0.717) is 18.8 Å². The molecule has 5 rings (SSSR count). The van der Waals surface area contributed by atoms with Crippen molar-refractivity contribution in [1.29, 1.82) is 5.26 Å². The molecule has 0 saturated carbocycles. The van der Waals surface area contributed by atoms with E-state index in [1.807, 2.05) is 53.8 Å². The Kier molecular flexibility index (Phi) is 4.82. The molecule has 7 nitrogen and oxygen atoms in total. The highest BCUT2D eigenvalue weighted by Crippen LogP contribution is 2.42. The minimum absolute atomic E-state index is 0.0486. The molecular weight excluding hydrogens is 390 g/mol. The Balaban J connectivity index is 1.48. The van der Waals surface area contributed by atoms with E-state index >= 15 is 0 Å². The molecule has 0 aliphatic carbocycles. The molecule has 7 heteroatoms. The molecule has 160 valence electrons. The summed E-state index contributed by atoms with van der Waals surface area (Å²) in [7, 11) is 1.92. The largest absolute Gasteiger partial charge is 0.340 e. The highest BCUT2D eigenvalue weighted by molar-refractivity contribution is 5.82. The van der Waals surface area contributed by atoms with Gasteiger partial charge in [-0.15, -0.1) is 0 Å². The highest BCUT2D eigenvalue weighted by Gasteiger charge is 2.45. The molecule has 1 amide bonds. The number of carbonyl (C=O) groups is 1. The molecule has 0 spiro atoms. The average Bonchev–Trinajstić information content (AvgIpc) is 3.39. The molecule has 3 aliphatic rings. The van der Waals surface area contributed by atoms with E-state index < -0.39 is 6.04 Å². The van der Waals surface area contributed by atoms with Crippen LogP contribution in [0.4, 0.5) is 0 Å². The summed E-state index contributed by atoms with van der Waals surface area (Å²) < 4.78 is 3.71. The summed E-state index contributed by atoms with van der Waals surface area (Å²) >= 11 is 0. The predicted molar refractivity (Wildman–Crippen MR) is 116 cm³/mol. The highest BCUT2D eigenvalue weighted by atomic mass is 16.2. The van der Waals surface area contributed by atoms with Gasteiger partial charge in [0.1, 0.15) is 17.8 Å². The summed E-state index contributed by atoms with van der Waals surface area (Å²) in [5.74, 6) is 0.374. The van der Waals surface area contributed by atoms with Gasteiger partial charge in [0.2, 0.25) is 5.91 Å². The summed E-state index contributed by atoms with van der Waals surface area (Å²) in [6.45, 7) is 5.64. The van der Waals surface area contributed by atoms with Gasteiger partial charge in [-0.3, -0.25) is 19.1 Å². The number of nitriles is 1. The molecular formula is C24H27N5O2. The van der Waals surface area contributed by atoms with Gasteiger partial charge in [0, 0.05) is 69.1 Å². The number of rotatable bonds is 3. The van der Waals surface area contributed by atoms with Crippen LogP contribution in [0.2, 0.25) is 0 Å². The van der Waals surface area contributed by atoms with Gasteiger partial charge >= 0.3 is 0 Å². The number of aromatic nitrogens is 2. The van der Waals surface area contributed by atoms with E-state index in [-0.39, 0.29) is 23.3 Å². The van der Waals surface area contributed by atoms with Crippen molar-refractivity contribution in [2.45, 2.75) is 31.8 Å². The fourth-order valence-corrected chi connectivity index (χ4v) is 5.59. The van der Waals surface area contributed by atoms with Crippen molar-refractivity contribution >= 4 is 5.91 Å². The Morgan fingerprint density at radius 1 is 1.23 bits per heavy atom. The van der Waals surface area contributed by atoms with Crippen LogP contribution in [0, 0.1) is 24.2 Å². The Hall–Kier alpha value is -3.11. The molecule has 3 atom stereocenters. The minimum Gasteiger partial charge on any atom is -0.340 e. The molecule has 2 aromatic rings. The molecule has 0 N–H and O–H groups in total. The van der Waals surface area contributed by atoms with Gasteiger partial charge < -0.3 is 9.47 Å². The fourth-order valence-electron chi connectivity index (χ4n) is 5.59. The molecule has 2 bridgehead atoms. The lowest BCUT2D eigenvalue weighted by atomic mass is 9.78. The van der Waals surface area contributed by atoms with E-state index in [2.05, 4.69) is 11.0 Å². The first-order chi connectivity index (χ1) is 15.0. The molecule has 5 heterocycles. The van der Waals surface area contributed by atoms with Crippen molar-refractivity contribution in [3.8, 4) is 6.07 Å². The topological polar surface area (TPSA) is 74.3 Å². The molecule has 0 aromatic carbocycles. The van der Waals surface area contributed by atoms with Crippen LogP contribution < -0.4 is 5.56 Å². The van der Waals surface area contributed by atoms with Gasteiger partial charge in [-0.2, -0.15) is 5.26 Å². The van der Waals surface area contributed by atoms with Gasteiger partial charge in [0.05, 0.1) is 0 Å². The molecule has 31 heavy (non-hydrogen) atoms. The first kappa shape index (κ1) is 19.8. The maximum atomic E-state index is 13.5. The third-order valence-electron chi connectivity index (χ3n) is 7.25. The fraction of sp³-hybridized carbons (Fsp3) is 0.458. The predicted octanol–water partition coefficient (Wildman–Crippen LogP) is 1.93. The number of amides is 1. The van der Waals surface area contributed by atoms with Crippen LogP contribution in [-0.2, 0) is 18.4 Å². The van der Waals surface area contributed by atoms with Crippen molar-refractivity contribution in [3.05, 3.63) is 69.4 Å². The first-order valence-electron chi connectivity index (χ1n) is 10.9. The monoisotopic (exact) mass is 417 g/mol. The number of piperidine rings is 1. The van der Waals surface area contributed by atoms with Crippen LogP contribution in [0.1, 0.15) is 41.0 Å². The zero-order valence-electron chi connectivity index (χ0n) is 18.0. The zero-order valence-corrected chi connectivity index (χ0v) is 18.0. The number of hydrogen-bond donors (Lipinski definition) is 0. The summed E-state index contributed by atoms with van der Waals surface area (Å²) in [5.41, 5.74) is 3.80. The van der Waals surface area contributed by atoms with Gasteiger partial charge in [0.25, 0.3) is 5.56 Å². The number of pyridine rings is 1. The van der Waals surface area contributed by atoms with Crippen LogP contribution in [0.5, 0.6) is 0 Å². The van der Waals surface area contributed by atoms with Crippen LogP contribution in [-0.4, -0.2) is 51.0 Å². The van der Waals surface area contributed by atoms with E-state index in [0.717, 1.165) is 43.0 Å². The summed E-state index contributed by atoms with van der Waals surface area (Å²) in [5, 5.41) is 9.36. The molecule has 0 radical (unpaired) electrons. The van der Waals surface area contributed by atoms with Crippen molar-refractivity contribution in [2.75, 3.05) is 26.2 Å². The second-order valence-electron chi connectivity index (χ2n) is 9.02. The molecule has 0 unspecified atom stereocenters. The van der Waals surface area contributed by atoms with Crippen LogP contribution in [0.25, 0.3) is 0 Å². The second-order valence-corrected chi connectivity index (χ2v) is 9.02. The lowest BCUT2D eigenvalue weighted by Gasteiger charge is -2.47. The quantitative estimate of drug-likeness (QED) is 0.716.